The highest BCUT2D eigenvalue weighted by Gasteiger charge is 2.00. The number of hydrogen-bond donors (Lipinski definition) is 1. The van der Waals surface area contributed by atoms with Crippen molar-refractivity contribution in [2.24, 2.45) is 0 Å². The van der Waals surface area contributed by atoms with Crippen LogP contribution in [0.1, 0.15) is 6.92 Å². The molecule has 0 bridgehead atoms. The van der Waals surface area contributed by atoms with E-state index in [0.29, 0.717) is 0 Å². The molecule has 0 aromatic heterocycles. The average molecular weight is 161 g/mol. The fourth-order valence-electron chi connectivity index (χ4n) is 0.253. The first-order valence-electron chi connectivity index (χ1n) is 2.56. The van der Waals surface area contributed by atoms with Crippen molar-refractivity contribution in [1.82, 2.24) is 5.48 Å². The number of hydroxylamine groups is 1. The molecule has 0 unspecified atom stereocenters. The summed E-state index contributed by atoms with van der Waals surface area (Å²) in [6.45, 7) is 1.88. The van der Waals surface area contributed by atoms with Gasteiger partial charge in [-0.25, -0.2) is 4.79 Å². The summed E-state index contributed by atoms with van der Waals surface area (Å²) in [6, 6.07) is 0. The maximum atomic E-state index is 10.3. The van der Waals surface area contributed by atoms with Crippen LogP contribution < -0.4 is 5.48 Å². The van der Waals surface area contributed by atoms with Crippen LogP contribution in [0.3, 0.4) is 0 Å². The molecule has 0 aliphatic rings. The van der Waals surface area contributed by atoms with Crippen LogP contribution in [0.25, 0.3) is 0 Å². The molecule has 0 heterocycles. The van der Waals surface area contributed by atoms with E-state index in [4.69, 9.17) is 0 Å². The van der Waals surface area contributed by atoms with Crippen molar-refractivity contribution in [2.75, 3.05) is 6.61 Å². The van der Waals surface area contributed by atoms with E-state index in [9.17, 15) is 9.59 Å². The van der Waals surface area contributed by atoms with Crippen molar-refractivity contribution < 1.29 is 19.2 Å². The van der Waals surface area contributed by atoms with Gasteiger partial charge in [-0.2, -0.15) is 5.48 Å². The largest absolute Gasteiger partial charge is 0.448 e. The maximum Gasteiger partial charge on any atom is 0.440 e. The van der Waals surface area contributed by atoms with Gasteiger partial charge in [0.25, 0.3) is 5.59 Å². The molecule has 0 saturated heterocycles. The number of rotatable bonds is 1. The molecule has 0 aliphatic carbocycles. The summed E-state index contributed by atoms with van der Waals surface area (Å²) in [5, 5.41) is 0. The second kappa shape index (κ2) is 4.80. The van der Waals surface area contributed by atoms with Gasteiger partial charge in [-0.1, -0.05) is 0 Å². The SMILES string of the molecule is CCOC(=O)NOC(=O)[SiH]. The van der Waals surface area contributed by atoms with Crippen molar-refractivity contribution in [1.29, 1.82) is 0 Å². The predicted octanol–water partition coefficient (Wildman–Crippen LogP) is -0.315. The number of amides is 1. The van der Waals surface area contributed by atoms with E-state index in [2.05, 4.69) is 9.57 Å². The maximum absolute atomic E-state index is 10.3. The molecule has 0 rings (SSSR count). The van der Waals surface area contributed by atoms with E-state index in [0.717, 1.165) is 0 Å². The predicted molar refractivity (Wildman–Crippen MR) is 33.8 cm³/mol. The molecule has 0 spiro atoms. The molecule has 1 amide bonds. The van der Waals surface area contributed by atoms with Crippen molar-refractivity contribution in [3.63, 3.8) is 0 Å². The van der Waals surface area contributed by atoms with E-state index in [1.165, 1.54) is 0 Å². The van der Waals surface area contributed by atoms with Gasteiger partial charge in [-0.3, -0.25) is 4.79 Å². The lowest BCUT2D eigenvalue weighted by Crippen LogP contribution is -2.27. The Balaban J connectivity index is 3.30. The zero-order valence-electron chi connectivity index (χ0n) is 5.42. The lowest BCUT2D eigenvalue weighted by molar-refractivity contribution is 0.0783. The highest BCUT2D eigenvalue weighted by atomic mass is 28.1. The summed E-state index contributed by atoms with van der Waals surface area (Å²) >= 11 is 0. The number of ether oxygens (including phenoxy) is 1. The van der Waals surface area contributed by atoms with Gasteiger partial charge in [0.1, 0.15) is 0 Å². The van der Waals surface area contributed by atoms with Crippen molar-refractivity contribution in [2.45, 2.75) is 6.92 Å². The lowest BCUT2D eigenvalue weighted by Gasteiger charge is -2.01. The highest BCUT2D eigenvalue weighted by Crippen LogP contribution is 1.76. The Kier molecular flexibility index (Phi) is 4.30. The van der Waals surface area contributed by atoms with E-state index >= 15 is 0 Å². The Hall–Kier alpha value is -1.04. The highest BCUT2D eigenvalue weighted by molar-refractivity contribution is 6.55. The Morgan fingerprint density at radius 1 is 1.60 bits per heavy atom. The molecule has 56 valence electrons. The standard InChI is InChI=1S/C4H7NO4Si/c1-2-8-3(6)5-9-4(7)10/h10H,2H2,1H3,(H,5,6). The van der Waals surface area contributed by atoms with Gasteiger partial charge in [0.05, 0.1) is 6.61 Å². The summed E-state index contributed by atoms with van der Waals surface area (Å²) in [4.78, 5) is 24.4. The third-order valence-electron chi connectivity index (χ3n) is 0.510. The molecular weight excluding hydrogens is 154 g/mol. The summed E-state index contributed by atoms with van der Waals surface area (Å²) in [6.07, 6.45) is -0.779. The van der Waals surface area contributed by atoms with Gasteiger partial charge in [-0.05, 0) is 6.92 Å². The molecule has 0 aromatic carbocycles. The number of carbonyl (C=O) groups excluding carboxylic acids is 2. The minimum atomic E-state index is -0.779. The monoisotopic (exact) mass is 161 g/mol. The Morgan fingerprint density at radius 3 is 2.60 bits per heavy atom. The number of carbonyl (C=O) groups is 2. The Labute approximate surface area is 61.1 Å². The Morgan fingerprint density at radius 2 is 2.20 bits per heavy atom. The van der Waals surface area contributed by atoms with Crippen LogP contribution in [0, 0.1) is 0 Å². The van der Waals surface area contributed by atoms with Crippen molar-refractivity contribution >= 4 is 21.9 Å². The van der Waals surface area contributed by atoms with Crippen LogP contribution in [0.2, 0.25) is 0 Å². The van der Waals surface area contributed by atoms with Crippen molar-refractivity contribution in [3.8, 4) is 0 Å². The first-order valence-corrected chi connectivity index (χ1v) is 3.13. The molecule has 1 N–H and O–H groups in total. The van der Waals surface area contributed by atoms with Crippen LogP contribution in [-0.2, 0) is 9.57 Å². The van der Waals surface area contributed by atoms with Crippen LogP contribution in [-0.4, -0.2) is 28.5 Å². The smallest absolute Gasteiger partial charge is 0.440 e. The van der Waals surface area contributed by atoms with Gasteiger partial charge in [0.2, 0.25) is 0 Å². The molecule has 6 heteroatoms. The second-order valence-corrected chi connectivity index (χ2v) is 1.72. The molecule has 0 saturated carbocycles. The van der Waals surface area contributed by atoms with Crippen molar-refractivity contribution in [3.05, 3.63) is 0 Å². The third kappa shape index (κ3) is 5.10. The fourth-order valence-corrected chi connectivity index (χ4v) is 0.311. The van der Waals surface area contributed by atoms with Gasteiger partial charge in [-0.15, -0.1) is 0 Å². The summed E-state index contributed by atoms with van der Waals surface area (Å²) in [7, 11) is 1.73. The quantitative estimate of drug-likeness (QED) is 0.423. The molecule has 0 aliphatic heterocycles. The fraction of sp³-hybridized carbons (Fsp3) is 0.500. The molecule has 0 fully saturated rings. The minimum Gasteiger partial charge on any atom is -0.448 e. The number of nitrogens with one attached hydrogen (secondary N) is 1. The van der Waals surface area contributed by atoms with E-state index in [-0.39, 0.29) is 6.61 Å². The van der Waals surface area contributed by atoms with Gasteiger partial charge < -0.3 is 9.57 Å². The normalized spacial score (nSPS) is 8.20. The zero-order chi connectivity index (χ0) is 7.98. The molecule has 5 nitrogen and oxygen atoms in total. The molecule has 10 heavy (non-hydrogen) atoms. The zero-order valence-corrected chi connectivity index (χ0v) is 6.57. The van der Waals surface area contributed by atoms with E-state index < -0.39 is 11.7 Å². The van der Waals surface area contributed by atoms with E-state index in [1.54, 1.807) is 22.6 Å². The van der Waals surface area contributed by atoms with Gasteiger partial charge >= 0.3 is 6.09 Å². The first-order chi connectivity index (χ1) is 4.66. The second-order valence-electron chi connectivity index (χ2n) is 1.24. The Bertz CT molecular complexity index is 137. The number of hydrogen-bond acceptors (Lipinski definition) is 4. The molecular formula is C4H7NO4Si. The summed E-state index contributed by atoms with van der Waals surface area (Å²) < 4.78 is 4.36. The van der Waals surface area contributed by atoms with Gasteiger partial charge in [0, 0.05) is 0 Å². The molecule has 0 atom stereocenters. The third-order valence-corrected chi connectivity index (χ3v) is 0.628. The first kappa shape index (κ1) is 8.96. The van der Waals surface area contributed by atoms with Crippen LogP contribution >= 0.6 is 0 Å². The van der Waals surface area contributed by atoms with Gasteiger partial charge in [0.15, 0.2) is 10.2 Å². The lowest BCUT2D eigenvalue weighted by atomic mass is 10.9. The topological polar surface area (TPSA) is 64.6 Å². The van der Waals surface area contributed by atoms with Crippen LogP contribution in [0.5, 0.6) is 0 Å². The molecule has 2 radical (unpaired) electrons. The van der Waals surface area contributed by atoms with Crippen LogP contribution in [0.4, 0.5) is 9.59 Å². The minimum absolute atomic E-state index is 0.236. The summed E-state index contributed by atoms with van der Waals surface area (Å²) in [5.74, 6) is 0. The molecule has 0 aromatic rings. The van der Waals surface area contributed by atoms with E-state index in [1.807, 2.05) is 0 Å². The van der Waals surface area contributed by atoms with Crippen LogP contribution in [0.15, 0.2) is 0 Å². The average Bonchev–Trinajstić information content (AvgIpc) is 1.85. The summed E-state index contributed by atoms with van der Waals surface area (Å²) in [5.41, 5.74) is 1.08.